The summed E-state index contributed by atoms with van der Waals surface area (Å²) < 4.78 is 37.3. The van der Waals surface area contributed by atoms with E-state index in [1.807, 2.05) is 4.72 Å². The number of carbonyl (C=O) groups excluding carboxylic acids is 2. The van der Waals surface area contributed by atoms with Gasteiger partial charge in [0.2, 0.25) is 0 Å². The summed E-state index contributed by atoms with van der Waals surface area (Å²) in [6.45, 7) is 0.400. The topological polar surface area (TPSA) is 114 Å². The third kappa shape index (κ3) is 4.53. The molecule has 1 aliphatic heterocycles. The molecule has 0 bridgehead atoms. The number of rotatable bonds is 7. The lowest BCUT2D eigenvalue weighted by Crippen LogP contribution is -2.46. The number of nitrogens with zero attached hydrogens (tertiary/aromatic N) is 1. The standard InChI is InChI=1S/C14H18ClN3O6S/c1-18-10(8-16-14(18)20)13(19)17-25(21,22)12-7-9(15)3-4-11(12)24-6-5-23-2/h3-4,7,10H,5-6,8H2,1-2H3,(H,16,20)(H,17,19). The first kappa shape index (κ1) is 19.3. The molecule has 1 aromatic rings. The van der Waals surface area contributed by atoms with E-state index in [9.17, 15) is 18.0 Å². The highest BCUT2D eigenvalue weighted by Crippen LogP contribution is 2.27. The molecule has 1 heterocycles. The Bertz CT molecular complexity index is 770. The largest absolute Gasteiger partial charge is 0.490 e. The van der Waals surface area contributed by atoms with Gasteiger partial charge in [-0.25, -0.2) is 17.9 Å². The van der Waals surface area contributed by atoms with Gasteiger partial charge in [0.1, 0.15) is 23.3 Å². The highest BCUT2D eigenvalue weighted by atomic mass is 35.5. The third-order valence-electron chi connectivity index (χ3n) is 3.51. The molecule has 1 aromatic carbocycles. The molecule has 25 heavy (non-hydrogen) atoms. The zero-order chi connectivity index (χ0) is 18.6. The van der Waals surface area contributed by atoms with Crippen molar-refractivity contribution in [2.75, 3.05) is 33.9 Å². The van der Waals surface area contributed by atoms with Crippen LogP contribution in [0.25, 0.3) is 0 Å². The second kappa shape index (κ2) is 7.89. The highest BCUT2D eigenvalue weighted by molar-refractivity contribution is 7.90. The monoisotopic (exact) mass is 391 g/mol. The Balaban J connectivity index is 2.22. The van der Waals surface area contributed by atoms with Crippen LogP contribution in [-0.2, 0) is 19.6 Å². The maximum Gasteiger partial charge on any atom is 0.317 e. The number of nitrogens with one attached hydrogen (secondary N) is 2. The van der Waals surface area contributed by atoms with Gasteiger partial charge in [0.05, 0.1) is 6.61 Å². The number of likely N-dealkylation sites (N-methyl/N-ethyl adjacent to an activating group) is 1. The summed E-state index contributed by atoms with van der Waals surface area (Å²) in [6, 6.07) is 2.66. The molecule has 0 aromatic heterocycles. The number of carbonyl (C=O) groups is 2. The number of hydrogen-bond donors (Lipinski definition) is 2. The normalized spacial score (nSPS) is 17.3. The predicted octanol–water partition coefficient (Wildman–Crippen LogP) is 0.194. The Morgan fingerprint density at radius 3 is 2.76 bits per heavy atom. The lowest BCUT2D eigenvalue weighted by molar-refractivity contribution is -0.122. The minimum Gasteiger partial charge on any atom is -0.490 e. The maximum absolute atomic E-state index is 12.6. The molecule has 1 saturated heterocycles. The van der Waals surface area contributed by atoms with Gasteiger partial charge in [0.25, 0.3) is 15.9 Å². The first-order chi connectivity index (χ1) is 11.8. The number of benzene rings is 1. The van der Waals surface area contributed by atoms with Crippen LogP contribution < -0.4 is 14.8 Å². The number of sulfonamides is 1. The van der Waals surface area contributed by atoms with E-state index in [2.05, 4.69) is 5.32 Å². The molecule has 2 rings (SSSR count). The van der Waals surface area contributed by atoms with Gasteiger partial charge in [-0.3, -0.25) is 4.79 Å². The molecule has 0 saturated carbocycles. The van der Waals surface area contributed by atoms with Gasteiger partial charge in [-0.2, -0.15) is 0 Å². The predicted molar refractivity (Wildman–Crippen MR) is 89.1 cm³/mol. The van der Waals surface area contributed by atoms with E-state index in [0.29, 0.717) is 0 Å². The van der Waals surface area contributed by atoms with Gasteiger partial charge in [-0.05, 0) is 18.2 Å². The van der Waals surface area contributed by atoms with E-state index in [1.54, 1.807) is 0 Å². The SMILES string of the molecule is COCCOc1ccc(Cl)cc1S(=O)(=O)NC(=O)C1CNC(=O)N1C. The average molecular weight is 392 g/mol. The van der Waals surface area contributed by atoms with E-state index in [-0.39, 0.29) is 35.4 Å². The summed E-state index contributed by atoms with van der Waals surface area (Å²) in [5.41, 5.74) is 0. The van der Waals surface area contributed by atoms with Crippen LogP contribution >= 0.6 is 11.6 Å². The molecule has 1 fully saturated rings. The molecule has 0 spiro atoms. The minimum absolute atomic E-state index is 0.0173. The van der Waals surface area contributed by atoms with Crippen LogP contribution in [0.3, 0.4) is 0 Å². The minimum atomic E-state index is -4.24. The smallest absolute Gasteiger partial charge is 0.317 e. The molecule has 1 aliphatic rings. The zero-order valence-electron chi connectivity index (χ0n) is 13.6. The van der Waals surface area contributed by atoms with Gasteiger partial charge in [-0.15, -0.1) is 0 Å². The van der Waals surface area contributed by atoms with Crippen LogP contribution in [0.4, 0.5) is 4.79 Å². The average Bonchev–Trinajstić information content (AvgIpc) is 2.88. The van der Waals surface area contributed by atoms with Crippen molar-refractivity contribution in [3.8, 4) is 5.75 Å². The van der Waals surface area contributed by atoms with Crippen molar-refractivity contribution >= 4 is 33.6 Å². The molecule has 0 aliphatic carbocycles. The number of halogens is 1. The summed E-state index contributed by atoms with van der Waals surface area (Å²) in [7, 11) is -1.36. The summed E-state index contributed by atoms with van der Waals surface area (Å²) in [4.78, 5) is 24.5. The molecule has 1 unspecified atom stereocenters. The van der Waals surface area contributed by atoms with E-state index in [4.69, 9.17) is 21.1 Å². The molecular formula is C14H18ClN3O6S. The molecule has 3 amide bonds. The fourth-order valence-electron chi connectivity index (χ4n) is 2.16. The second-order valence-corrected chi connectivity index (χ2v) is 7.30. The lowest BCUT2D eigenvalue weighted by Gasteiger charge is -2.18. The highest BCUT2D eigenvalue weighted by Gasteiger charge is 2.35. The molecule has 1 atom stereocenters. The second-order valence-electron chi connectivity index (χ2n) is 5.21. The van der Waals surface area contributed by atoms with Crippen molar-refractivity contribution in [3.63, 3.8) is 0 Å². The molecule has 9 nitrogen and oxygen atoms in total. The van der Waals surface area contributed by atoms with Crippen LogP contribution in [0.1, 0.15) is 0 Å². The fourth-order valence-corrected chi connectivity index (χ4v) is 3.58. The molecule has 2 N–H and O–H groups in total. The Labute approximate surface area is 150 Å². The van der Waals surface area contributed by atoms with Crippen LogP contribution in [0.2, 0.25) is 5.02 Å². The fraction of sp³-hybridized carbons (Fsp3) is 0.429. The summed E-state index contributed by atoms with van der Waals surface area (Å²) in [5, 5.41) is 2.62. The van der Waals surface area contributed by atoms with Crippen LogP contribution in [0.5, 0.6) is 5.75 Å². The molecule has 138 valence electrons. The quantitative estimate of drug-likeness (QED) is 0.641. The molecule has 11 heteroatoms. The third-order valence-corrected chi connectivity index (χ3v) is 5.12. The number of hydrogen-bond acceptors (Lipinski definition) is 6. The Morgan fingerprint density at radius 2 is 2.16 bits per heavy atom. The van der Waals surface area contributed by atoms with Crippen LogP contribution in [-0.4, -0.2) is 65.2 Å². The number of urea groups is 1. The zero-order valence-corrected chi connectivity index (χ0v) is 15.2. The molecular weight excluding hydrogens is 374 g/mol. The van der Waals surface area contributed by atoms with Crippen LogP contribution in [0, 0.1) is 0 Å². The lowest BCUT2D eigenvalue weighted by atomic mass is 10.3. The van der Waals surface area contributed by atoms with Gasteiger partial charge < -0.3 is 19.7 Å². The van der Waals surface area contributed by atoms with Gasteiger partial charge in [0.15, 0.2) is 0 Å². The van der Waals surface area contributed by atoms with E-state index in [0.717, 1.165) is 4.90 Å². The molecule has 0 radical (unpaired) electrons. The Kier molecular flexibility index (Phi) is 6.09. The Hall–Kier alpha value is -2.04. The first-order valence-corrected chi connectivity index (χ1v) is 9.11. The van der Waals surface area contributed by atoms with Crippen molar-refractivity contribution in [1.82, 2.24) is 14.9 Å². The van der Waals surface area contributed by atoms with Crippen molar-refractivity contribution < 1.29 is 27.5 Å². The van der Waals surface area contributed by atoms with E-state index < -0.39 is 28.0 Å². The number of methoxy groups -OCH3 is 1. The van der Waals surface area contributed by atoms with Crippen LogP contribution in [0.15, 0.2) is 23.1 Å². The van der Waals surface area contributed by atoms with E-state index in [1.165, 1.54) is 32.4 Å². The maximum atomic E-state index is 12.6. The summed E-state index contributed by atoms with van der Waals surface area (Å²) >= 11 is 5.87. The van der Waals surface area contributed by atoms with Gasteiger partial charge in [-0.1, -0.05) is 11.6 Å². The summed E-state index contributed by atoms with van der Waals surface area (Å²) in [5.74, 6) is -0.792. The van der Waals surface area contributed by atoms with Crippen molar-refractivity contribution in [3.05, 3.63) is 23.2 Å². The number of amides is 3. The Morgan fingerprint density at radius 1 is 1.44 bits per heavy atom. The summed E-state index contributed by atoms with van der Waals surface area (Å²) in [6.07, 6.45) is 0. The van der Waals surface area contributed by atoms with Crippen molar-refractivity contribution in [2.24, 2.45) is 0 Å². The van der Waals surface area contributed by atoms with E-state index >= 15 is 0 Å². The first-order valence-electron chi connectivity index (χ1n) is 7.25. The van der Waals surface area contributed by atoms with Gasteiger partial charge in [0, 0.05) is 25.7 Å². The van der Waals surface area contributed by atoms with Gasteiger partial charge >= 0.3 is 6.03 Å². The van der Waals surface area contributed by atoms with Crippen molar-refractivity contribution in [2.45, 2.75) is 10.9 Å². The number of ether oxygens (including phenoxy) is 2. The van der Waals surface area contributed by atoms with Crippen molar-refractivity contribution in [1.29, 1.82) is 0 Å².